The molecule has 1 amide bonds. The van der Waals surface area contributed by atoms with Crippen LogP contribution >= 0.6 is 0 Å². The van der Waals surface area contributed by atoms with Gasteiger partial charge in [0.25, 0.3) is 0 Å². The van der Waals surface area contributed by atoms with Crippen molar-refractivity contribution in [3.63, 3.8) is 0 Å². The van der Waals surface area contributed by atoms with Crippen molar-refractivity contribution in [1.82, 2.24) is 9.80 Å². The molecule has 0 saturated carbocycles. The molecule has 1 fully saturated rings. The van der Waals surface area contributed by atoms with Crippen molar-refractivity contribution in [3.05, 3.63) is 0 Å². The van der Waals surface area contributed by atoms with Crippen molar-refractivity contribution in [3.8, 4) is 0 Å². The van der Waals surface area contributed by atoms with Gasteiger partial charge in [0, 0.05) is 0 Å². The average Bonchev–Trinajstić information content (AvgIpc) is 2.44. The summed E-state index contributed by atoms with van der Waals surface area (Å²) in [4.78, 5) is 15.2. The number of halogens is 1. The Kier molecular flexibility index (Phi) is 5.26. The van der Waals surface area contributed by atoms with Gasteiger partial charge in [0.05, 0.1) is 0 Å². The minimum atomic E-state index is -0.232. The van der Waals surface area contributed by atoms with Gasteiger partial charge in [0.2, 0.25) is 0 Å². The average molecular weight is 279 g/mol. The topological polar surface area (TPSA) is 23.6 Å². The van der Waals surface area contributed by atoms with Gasteiger partial charge in [0.15, 0.2) is 0 Å². The molecule has 1 rings (SSSR count). The number of likely N-dealkylation sites (N-methyl/N-ethyl adjacent to an activating group) is 1. The van der Waals surface area contributed by atoms with Crippen LogP contribution in [0.5, 0.6) is 0 Å². The van der Waals surface area contributed by atoms with Crippen LogP contribution < -0.4 is 0 Å². The van der Waals surface area contributed by atoms with Gasteiger partial charge in [-0.3, -0.25) is 0 Å². The van der Waals surface area contributed by atoms with E-state index >= 15 is 0 Å². The van der Waals surface area contributed by atoms with E-state index < -0.39 is 0 Å². The summed E-state index contributed by atoms with van der Waals surface area (Å²) in [6, 6.07) is 0. The molecule has 1 saturated heterocycles. The Labute approximate surface area is 98.0 Å². The summed E-state index contributed by atoms with van der Waals surface area (Å²) in [5, 5.41) is 0. The van der Waals surface area contributed by atoms with E-state index in [-0.39, 0.29) is 12.6 Å². The zero-order valence-electron chi connectivity index (χ0n) is 9.04. The molecule has 0 aromatic heterocycles. The third-order valence-corrected chi connectivity index (χ3v) is 3.61. The summed E-state index contributed by atoms with van der Waals surface area (Å²) in [5.41, 5.74) is 0. The van der Waals surface area contributed by atoms with E-state index in [2.05, 4.69) is 15.6 Å². The van der Waals surface area contributed by atoms with Gasteiger partial charge in [-0.2, -0.15) is 0 Å². The molecule has 0 unspecified atom stereocenters. The normalized spacial score (nSPS) is 16.7. The van der Waals surface area contributed by atoms with Crippen LogP contribution in [0.1, 0.15) is 25.7 Å². The molecular formula is C10H17FN2OSe. The third kappa shape index (κ3) is 3.58. The SMILES string of the molecule is CN1CC(=O)N(CCCCCCF)C1=[Se]. The quantitative estimate of drug-likeness (QED) is 0.523. The number of rotatable bonds is 6. The van der Waals surface area contributed by atoms with E-state index in [0.29, 0.717) is 13.0 Å². The number of hydrogen-bond donors (Lipinski definition) is 0. The Balaban J connectivity index is 2.21. The predicted molar refractivity (Wildman–Crippen MR) is 59.5 cm³/mol. The molecule has 0 N–H and O–H groups in total. The van der Waals surface area contributed by atoms with E-state index in [9.17, 15) is 9.18 Å². The van der Waals surface area contributed by atoms with Gasteiger partial charge in [-0.1, -0.05) is 0 Å². The van der Waals surface area contributed by atoms with Gasteiger partial charge in [0.1, 0.15) is 0 Å². The van der Waals surface area contributed by atoms with Gasteiger partial charge in [-0.15, -0.1) is 0 Å². The molecule has 0 atom stereocenters. The second-order valence-electron chi connectivity index (χ2n) is 3.79. The Hall–Kier alpha value is -0.411. The molecule has 1 heterocycles. The number of carbonyl (C=O) groups is 1. The number of hydrogen-bond acceptors (Lipinski definition) is 2. The molecule has 1 aliphatic heterocycles. The van der Waals surface area contributed by atoms with E-state index in [1.807, 2.05) is 11.9 Å². The summed E-state index contributed by atoms with van der Waals surface area (Å²) in [6.07, 6.45) is 3.50. The van der Waals surface area contributed by atoms with Crippen LogP contribution in [0, 0.1) is 0 Å². The Morgan fingerprint density at radius 1 is 1.33 bits per heavy atom. The van der Waals surface area contributed by atoms with Crippen molar-refractivity contribution in [2.75, 3.05) is 26.8 Å². The fraction of sp³-hybridized carbons (Fsp3) is 0.800. The summed E-state index contributed by atoms with van der Waals surface area (Å²) >= 11 is 2.91. The molecule has 3 nitrogen and oxygen atoms in total. The van der Waals surface area contributed by atoms with Crippen LogP contribution in [-0.4, -0.2) is 62.8 Å². The number of nitrogens with zero attached hydrogens (tertiary/aromatic N) is 2. The van der Waals surface area contributed by atoms with Gasteiger partial charge < -0.3 is 0 Å². The van der Waals surface area contributed by atoms with Crippen molar-refractivity contribution >= 4 is 26.1 Å². The first-order valence-electron chi connectivity index (χ1n) is 5.28. The summed E-state index contributed by atoms with van der Waals surface area (Å²) < 4.78 is 12.7. The summed E-state index contributed by atoms with van der Waals surface area (Å²) in [6.45, 7) is 0.981. The maximum atomic E-state index is 11.8. The zero-order valence-corrected chi connectivity index (χ0v) is 10.8. The Morgan fingerprint density at radius 3 is 2.53 bits per heavy atom. The summed E-state index contributed by atoms with van der Waals surface area (Å²) in [5.74, 6) is 0.150. The molecule has 0 aromatic rings. The second-order valence-corrected chi connectivity index (χ2v) is 4.55. The molecule has 0 aromatic carbocycles. The van der Waals surface area contributed by atoms with Gasteiger partial charge >= 0.3 is 97.6 Å². The van der Waals surface area contributed by atoms with E-state index in [1.165, 1.54) is 0 Å². The Morgan fingerprint density at radius 2 is 2.00 bits per heavy atom. The molecule has 0 aliphatic carbocycles. The first kappa shape index (κ1) is 12.7. The molecular weight excluding hydrogens is 262 g/mol. The minimum absolute atomic E-state index is 0.150. The molecule has 0 spiro atoms. The van der Waals surface area contributed by atoms with E-state index in [1.54, 1.807) is 4.90 Å². The second kappa shape index (κ2) is 6.23. The van der Waals surface area contributed by atoms with Crippen molar-refractivity contribution in [2.45, 2.75) is 25.7 Å². The van der Waals surface area contributed by atoms with Crippen LogP contribution in [0.2, 0.25) is 0 Å². The van der Waals surface area contributed by atoms with Crippen LogP contribution in [-0.2, 0) is 4.79 Å². The van der Waals surface area contributed by atoms with Crippen LogP contribution in [0.3, 0.4) is 0 Å². The molecule has 0 bridgehead atoms. The third-order valence-electron chi connectivity index (χ3n) is 2.50. The fourth-order valence-corrected chi connectivity index (χ4v) is 2.15. The van der Waals surface area contributed by atoms with Crippen LogP contribution in [0.4, 0.5) is 4.39 Å². The maximum absolute atomic E-state index is 11.8. The number of alkyl halides is 1. The Bertz CT molecular complexity index is 248. The molecule has 5 heteroatoms. The van der Waals surface area contributed by atoms with Crippen LogP contribution in [0.15, 0.2) is 0 Å². The van der Waals surface area contributed by atoms with Crippen molar-refractivity contribution < 1.29 is 9.18 Å². The first-order chi connectivity index (χ1) is 7.16. The van der Waals surface area contributed by atoms with E-state index in [0.717, 1.165) is 30.5 Å². The van der Waals surface area contributed by atoms with Gasteiger partial charge in [-0.25, -0.2) is 0 Å². The molecule has 1 aliphatic rings. The summed E-state index contributed by atoms with van der Waals surface area (Å²) in [7, 11) is 1.90. The molecule has 15 heavy (non-hydrogen) atoms. The van der Waals surface area contributed by atoms with E-state index in [4.69, 9.17) is 0 Å². The van der Waals surface area contributed by atoms with Gasteiger partial charge in [-0.05, 0) is 0 Å². The monoisotopic (exact) mass is 280 g/mol. The number of carbonyl (C=O) groups excluding carboxylic acids is 1. The molecule has 86 valence electrons. The molecule has 0 radical (unpaired) electrons. The fourth-order valence-electron chi connectivity index (χ4n) is 1.61. The first-order valence-corrected chi connectivity index (χ1v) is 6.14. The van der Waals surface area contributed by atoms with Crippen molar-refractivity contribution in [1.29, 1.82) is 0 Å². The zero-order chi connectivity index (χ0) is 11.3. The number of unbranched alkanes of at least 4 members (excludes halogenated alkanes) is 3. The van der Waals surface area contributed by atoms with Crippen LogP contribution in [0.25, 0.3) is 0 Å². The number of amides is 1. The predicted octanol–water partition coefficient (Wildman–Crippen LogP) is 0.546. The standard InChI is InChI=1S/C10H17FN2OSe/c1-12-8-9(14)13(10(12)15)7-5-3-2-4-6-11/h2-8H2,1H3. The van der Waals surface area contributed by atoms with Crippen molar-refractivity contribution in [2.24, 2.45) is 0 Å².